The first-order chi connectivity index (χ1) is 8.28. The summed E-state index contributed by atoms with van der Waals surface area (Å²) in [4.78, 5) is 25.9. The summed E-state index contributed by atoms with van der Waals surface area (Å²) in [6.45, 7) is 5.34. The molecule has 0 aromatic carbocycles. The summed E-state index contributed by atoms with van der Waals surface area (Å²) < 4.78 is 5.17. The fourth-order valence-electron chi connectivity index (χ4n) is 1.12. The Morgan fingerprint density at radius 1 is 1.33 bits per heavy atom. The van der Waals surface area contributed by atoms with Gasteiger partial charge in [0.1, 0.15) is 5.60 Å². The summed E-state index contributed by atoms with van der Waals surface area (Å²) in [5.74, 6) is -1.50. The number of carboxylic acids is 1. The first-order valence-electron chi connectivity index (χ1n) is 5.38. The van der Waals surface area contributed by atoms with Gasteiger partial charge in [-0.25, -0.2) is 9.59 Å². The van der Waals surface area contributed by atoms with E-state index in [-0.39, 0.29) is 0 Å². The largest absolute Gasteiger partial charge is 0.478 e. The molecule has 1 N–H and O–H groups in total. The molecule has 5 heteroatoms. The lowest BCUT2D eigenvalue weighted by Gasteiger charge is -2.19. The number of rotatable bonds is 3. The zero-order valence-corrected chi connectivity index (χ0v) is 10.5. The van der Waals surface area contributed by atoms with Crippen molar-refractivity contribution in [2.75, 3.05) is 0 Å². The minimum atomic E-state index is -1.05. The lowest BCUT2D eigenvalue weighted by molar-refractivity contribution is -0.131. The third-order valence-corrected chi connectivity index (χ3v) is 1.82. The molecule has 1 aromatic rings. The molecule has 0 fully saturated rings. The Morgan fingerprint density at radius 2 is 2.00 bits per heavy atom. The average molecular weight is 249 g/mol. The van der Waals surface area contributed by atoms with Gasteiger partial charge in [0, 0.05) is 12.3 Å². The Bertz CT molecular complexity index is 469. The van der Waals surface area contributed by atoms with Gasteiger partial charge in [0.15, 0.2) is 0 Å². The van der Waals surface area contributed by atoms with Crippen molar-refractivity contribution in [1.82, 2.24) is 4.98 Å². The minimum absolute atomic E-state index is 0.331. The van der Waals surface area contributed by atoms with Crippen LogP contribution >= 0.6 is 0 Å². The maximum atomic E-state index is 11.7. The molecule has 0 atom stereocenters. The second-order valence-electron chi connectivity index (χ2n) is 4.65. The number of aliphatic carboxylic acids is 1. The zero-order chi connectivity index (χ0) is 13.8. The van der Waals surface area contributed by atoms with Crippen LogP contribution in [0.25, 0.3) is 6.08 Å². The van der Waals surface area contributed by atoms with Gasteiger partial charge in [0.25, 0.3) is 0 Å². The molecule has 0 unspecified atom stereocenters. The quantitative estimate of drug-likeness (QED) is 0.656. The highest BCUT2D eigenvalue weighted by atomic mass is 16.6. The molecule has 18 heavy (non-hydrogen) atoms. The Labute approximate surface area is 105 Å². The number of hydrogen-bond acceptors (Lipinski definition) is 4. The van der Waals surface area contributed by atoms with Crippen molar-refractivity contribution in [1.29, 1.82) is 0 Å². The van der Waals surface area contributed by atoms with Gasteiger partial charge >= 0.3 is 11.9 Å². The summed E-state index contributed by atoms with van der Waals surface area (Å²) in [6.07, 6.45) is 3.69. The molecule has 1 aromatic heterocycles. The van der Waals surface area contributed by atoms with Gasteiger partial charge in [-0.2, -0.15) is 0 Å². The number of nitrogens with zero attached hydrogens (tertiary/aromatic N) is 1. The van der Waals surface area contributed by atoms with E-state index in [9.17, 15) is 9.59 Å². The van der Waals surface area contributed by atoms with E-state index in [0.29, 0.717) is 11.3 Å². The highest BCUT2D eigenvalue weighted by molar-refractivity contribution is 5.89. The Hall–Kier alpha value is -2.17. The van der Waals surface area contributed by atoms with Gasteiger partial charge in [-0.3, -0.25) is 4.98 Å². The SMILES string of the molecule is CC(C)(C)OC(=O)c1ccc(/C=C/C(=O)O)nc1. The topological polar surface area (TPSA) is 76.5 Å². The van der Waals surface area contributed by atoms with Crippen LogP contribution < -0.4 is 0 Å². The van der Waals surface area contributed by atoms with Crippen molar-refractivity contribution < 1.29 is 19.4 Å². The van der Waals surface area contributed by atoms with E-state index in [1.807, 2.05) is 0 Å². The lowest BCUT2D eigenvalue weighted by Crippen LogP contribution is -2.23. The van der Waals surface area contributed by atoms with Gasteiger partial charge < -0.3 is 9.84 Å². The lowest BCUT2D eigenvalue weighted by atomic mass is 10.2. The molecular weight excluding hydrogens is 234 g/mol. The van der Waals surface area contributed by atoms with Crippen LogP contribution in [0.15, 0.2) is 24.4 Å². The van der Waals surface area contributed by atoms with E-state index in [1.54, 1.807) is 32.9 Å². The van der Waals surface area contributed by atoms with Gasteiger partial charge in [0.2, 0.25) is 0 Å². The highest BCUT2D eigenvalue weighted by Crippen LogP contribution is 2.12. The van der Waals surface area contributed by atoms with Crippen molar-refractivity contribution in [3.8, 4) is 0 Å². The molecule has 0 bridgehead atoms. The van der Waals surface area contributed by atoms with Crippen LogP contribution in [0.5, 0.6) is 0 Å². The molecule has 1 heterocycles. The van der Waals surface area contributed by atoms with Crippen LogP contribution in [0.2, 0.25) is 0 Å². The first kappa shape index (κ1) is 13.9. The van der Waals surface area contributed by atoms with Crippen molar-refractivity contribution in [2.24, 2.45) is 0 Å². The van der Waals surface area contributed by atoms with Gasteiger partial charge in [0.05, 0.1) is 11.3 Å². The third-order valence-electron chi connectivity index (χ3n) is 1.82. The van der Waals surface area contributed by atoms with E-state index < -0.39 is 17.5 Å². The number of carbonyl (C=O) groups is 2. The highest BCUT2D eigenvalue weighted by Gasteiger charge is 2.17. The molecule has 0 saturated heterocycles. The van der Waals surface area contributed by atoms with E-state index in [1.165, 1.54) is 12.3 Å². The van der Waals surface area contributed by atoms with Crippen LogP contribution in [0, 0.1) is 0 Å². The van der Waals surface area contributed by atoms with Crippen molar-refractivity contribution >= 4 is 18.0 Å². The number of carbonyl (C=O) groups excluding carboxylic acids is 1. The normalized spacial score (nSPS) is 11.5. The molecule has 0 aliphatic carbocycles. The fraction of sp³-hybridized carbons (Fsp3) is 0.308. The molecule has 0 spiro atoms. The van der Waals surface area contributed by atoms with Crippen LogP contribution in [0.4, 0.5) is 0 Å². The average Bonchev–Trinajstić information content (AvgIpc) is 2.24. The second kappa shape index (κ2) is 5.44. The monoisotopic (exact) mass is 249 g/mol. The second-order valence-corrected chi connectivity index (χ2v) is 4.65. The smallest absolute Gasteiger partial charge is 0.340 e. The van der Waals surface area contributed by atoms with Crippen molar-refractivity contribution in [3.63, 3.8) is 0 Å². The van der Waals surface area contributed by atoms with Crippen LogP contribution in [-0.2, 0) is 9.53 Å². The molecule has 0 aliphatic heterocycles. The standard InChI is InChI=1S/C13H15NO4/c1-13(2,3)18-12(17)9-4-5-10(14-8-9)6-7-11(15)16/h4-8H,1-3H3,(H,15,16)/b7-6+. The van der Waals surface area contributed by atoms with Gasteiger partial charge in [-0.1, -0.05) is 0 Å². The summed E-state index contributed by atoms with van der Waals surface area (Å²) in [7, 11) is 0. The molecule has 0 radical (unpaired) electrons. The molecular formula is C13H15NO4. The van der Waals surface area contributed by atoms with E-state index >= 15 is 0 Å². The van der Waals surface area contributed by atoms with E-state index in [2.05, 4.69) is 4.98 Å². The van der Waals surface area contributed by atoms with Crippen molar-refractivity contribution in [3.05, 3.63) is 35.7 Å². The number of carboxylic acid groups (broad SMARTS) is 1. The molecule has 0 amide bonds. The Kier molecular flexibility index (Phi) is 4.20. The summed E-state index contributed by atoms with van der Waals surface area (Å²) in [6, 6.07) is 3.10. The zero-order valence-electron chi connectivity index (χ0n) is 10.5. The third kappa shape index (κ3) is 4.78. The fourth-order valence-corrected chi connectivity index (χ4v) is 1.12. The predicted octanol–water partition coefficient (Wildman–Crippen LogP) is 2.13. The maximum absolute atomic E-state index is 11.7. The minimum Gasteiger partial charge on any atom is -0.478 e. The van der Waals surface area contributed by atoms with Crippen LogP contribution in [0.3, 0.4) is 0 Å². The molecule has 0 aliphatic rings. The Balaban J connectivity index is 2.77. The molecule has 0 saturated carbocycles. The van der Waals surface area contributed by atoms with E-state index in [0.717, 1.165) is 6.08 Å². The maximum Gasteiger partial charge on any atom is 0.340 e. The number of hydrogen-bond donors (Lipinski definition) is 1. The van der Waals surface area contributed by atoms with Crippen LogP contribution in [0.1, 0.15) is 36.8 Å². The number of pyridine rings is 1. The number of ether oxygens (including phenoxy) is 1. The Morgan fingerprint density at radius 3 is 2.44 bits per heavy atom. The number of aromatic nitrogens is 1. The van der Waals surface area contributed by atoms with E-state index in [4.69, 9.17) is 9.84 Å². The molecule has 96 valence electrons. The van der Waals surface area contributed by atoms with Gasteiger partial charge in [-0.15, -0.1) is 0 Å². The van der Waals surface area contributed by atoms with Crippen molar-refractivity contribution in [2.45, 2.75) is 26.4 Å². The van der Waals surface area contributed by atoms with Gasteiger partial charge in [-0.05, 0) is 39.0 Å². The predicted molar refractivity (Wildman–Crippen MR) is 66.1 cm³/mol. The summed E-state index contributed by atoms with van der Waals surface area (Å²) in [5, 5.41) is 8.46. The molecule has 5 nitrogen and oxygen atoms in total. The summed E-state index contributed by atoms with van der Waals surface area (Å²) >= 11 is 0. The first-order valence-corrected chi connectivity index (χ1v) is 5.38. The molecule has 1 rings (SSSR count). The van der Waals surface area contributed by atoms with Crippen LogP contribution in [-0.4, -0.2) is 27.6 Å². The number of esters is 1. The summed E-state index contributed by atoms with van der Waals surface area (Å²) in [5.41, 5.74) is 0.237.